The van der Waals surface area contributed by atoms with Crippen molar-refractivity contribution in [3.8, 4) is 11.6 Å². The van der Waals surface area contributed by atoms with E-state index < -0.39 is 5.91 Å². The summed E-state index contributed by atoms with van der Waals surface area (Å²) in [5, 5.41) is 0. The molecule has 0 aliphatic heterocycles. The summed E-state index contributed by atoms with van der Waals surface area (Å²) in [6.45, 7) is 0.328. The van der Waals surface area contributed by atoms with Gasteiger partial charge >= 0.3 is 0 Å². The second-order valence-corrected chi connectivity index (χ2v) is 3.63. The molecule has 5 heteroatoms. The standard InChI is InChI=1S/C13H13N3O2/c14-8-9-4-3-7-12(16-9)18-11-6-2-1-5-10(11)13(15)17/h1-7H,8,14H2,(H2,15,17). The van der Waals surface area contributed by atoms with Gasteiger partial charge in [-0.2, -0.15) is 0 Å². The summed E-state index contributed by atoms with van der Waals surface area (Å²) < 4.78 is 5.55. The highest BCUT2D eigenvalue weighted by Crippen LogP contribution is 2.23. The van der Waals surface area contributed by atoms with Crippen molar-refractivity contribution in [1.82, 2.24) is 4.98 Å². The third kappa shape index (κ3) is 2.64. The molecular weight excluding hydrogens is 230 g/mol. The largest absolute Gasteiger partial charge is 0.438 e. The molecule has 0 spiro atoms. The average molecular weight is 243 g/mol. The Morgan fingerprint density at radius 1 is 1.17 bits per heavy atom. The molecule has 1 heterocycles. The van der Waals surface area contributed by atoms with Crippen LogP contribution in [0.15, 0.2) is 42.5 Å². The number of benzene rings is 1. The lowest BCUT2D eigenvalue weighted by atomic mass is 10.2. The van der Waals surface area contributed by atoms with Gasteiger partial charge in [-0.3, -0.25) is 4.79 Å². The van der Waals surface area contributed by atoms with E-state index in [9.17, 15) is 4.79 Å². The van der Waals surface area contributed by atoms with Crippen molar-refractivity contribution in [2.75, 3.05) is 0 Å². The molecule has 92 valence electrons. The monoisotopic (exact) mass is 243 g/mol. The van der Waals surface area contributed by atoms with Crippen LogP contribution in [0.25, 0.3) is 0 Å². The van der Waals surface area contributed by atoms with Crippen LogP contribution in [0.2, 0.25) is 0 Å². The van der Waals surface area contributed by atoms with Crippen molar-refractivity contribution in [2.24, 2.45) is 11.5 Å². The van der Waals surface area contributed by atoms with Gasteiger partial charge in [-0.1, -0.05) is 18.2 Å². The van der Waals surface area contributed by atoms with Crippen molar-refractivity contribution in [1.29, 1.82) is 0 Å². The molecule has 2 rings (SSSR count). The molecule has 0 radical (unpaired) electrons. The number of aromatic nitrogens is 1. The Hall–Kier alpha value is -2.40. The van der Waals surface area contributed by atoms with Crippen LogP contribution in [0, 0.1) is 0 Å². The van der Waals surface area contributed by atoms with E-state index in [1.54, 1.807) is 42.5 Å². The molecule has 0 fully saturated rings. The van der Waals surface area contributed by atoms with Gasteiger partial charge in [-0.15, -0.1) is 0 Å². The molecule has 4 N–H and O–H groups in total. The topological polar surface area (TPSA) is 91.2 Å². The fraction of sp³-hybridized carbons (Fsp3) is 0.0769. The molecule has 0 bridgehead atoms. The lowest BCUT2D eigenvalue weighted by Gasteiger charge is -2.08. The molecular formula is C13H13N3O2. The van der Waals surface area contributed by atoms with Crippen LogP contribution in [-0.2, 0) is 6.54 Å². The van der Waals surface area contributed by atoms with Gasteiger partial charge in [-0.05, 0) is 18.2 Å². The van der Waals surface area contributed by atoms with Crippen LogP contribution in [0.5, 0.6) is 11.6 Å². The molecule has 5 nitrogen and oxygen atoms in total. The number of hydrogen-bond acceptors (Lipinski definition) is 4. The van der Waals surface area contributed by atoms with Gasteiger partial charge in [0.2, 0.25) is 5.88 Å². The van der Waals surface area contributed by atoms with Crippen LogP contribution in [0.1, 0.15) is 16.1 Å². The van der Waals surface area contributed by atoms with Gasteiger partial charge in [0.15, 0.2) is 0 Å². The van der Waals surface area contributed by atoms with Crippen LogP contribution >= 0.6 is 0 Å². The highest BCUT2D eigenvalue weighted by atomic mass is 16.5. The Labute approximate surface area is 104 Å². The van der Waals surface area contributed by atoms with E-state index in [-0.39, 0.29) is 0 Å². The summed E-state index contributed by atoms with van der Waals surface area (Å²) in [4.78, 5) is 15.4. The number of pyridine rings is 1. The predicted molar refractivity (Wildman–Crippen MR) is 67.2 cm³/mol. The molecule has 0 unspecified atom stereocenters. The summed E-state index contributed by atoms with van der Waals surface area (Å²) in [5.41, 5.74) is 11.8. The number of nitrogens with two attached hydrogens (primary N) is 2. The van der Waals surface area contributed by atoms with Gasteiger partial charge in [0.1, 0.15) is 5.75 Å². The van der Waals surface area contributed by atoms with Gasteiger partial charge in [-0.25, -0.2) is 4.98 Å². The Morgan fingerprint density at radius 3 is 2.67 bits per heavy atom. The highest BCUT2D eigenvalue weighted by molar-refractivity contribution is 5.95. The summed E-state index contributed by atoms with van der Waals surface area (Å²) in [5.74, 6) is 0.221. The molecule has 1 aromatic heterocycles. The number of carbonyl (C=O) groups is 1. The Kier molecular flexibility index (Phi) is 3.54. The third-order valence-electron chi connectivity index (χ3n) is 2.36. The SMILES string of the molecule is NCc1cccc(Oc2ccccc2C(N)=O)n1. The van der Waals surface area contributed by atoms with Crippen molar-refractivity contribution in [3.05, 3.63) is 53.7 Å². The van der Waals surface area contributed by atoms with Crippen LogP contribution in [-0.4, -0.2) is 10.9 Å². The first-order valence-electron chi connectivity index (χ1n) is 5.43. The quantitative estimate of drug-likeness (QED) is 0.849. The Bertz CT molecular complexity index is 570. The normalized spacial score (nSPS) is 10.1. The third-order valence-corrected chi connectivity index (χ3v) is 2.36. The maximum absolute atomic E-state index is 11.2. The molecule has 18 heavy (non-hydrogen) atoms. The minimum absolute atomic E-state index is 0.317. The number of para-hydroxylation sites is 1. The number of hydrogen-bond donors (Lipinski definition) is 2. The number of nitrogens with zero attached hydrogens (tertiary/aromatic N) is 1. The summed E-state index contributed by atoms with van der Waals surface area (Å²) in [6.07, 6.45) is 0. The van der Waals surface area contributed by atoms with Gasteiger partial charge < -0.3 is 16.2 Å². The fourth-order valence-electron chi connectivity index (χ4n) is 1.50. The van der Waals surface area contributed by atoms with Crippen molar-refractivity contribution >= 4 is 5.91 Å². The van der Waals surface area contributed by atoms with Crippen molar-refractivity contribution in [2.45, 2.75) is 6.54 Å². The zero-order chi connectivity index (χ0) is 13.0. The second-order valence-electron chi connectivity index (χ2n) is 3.63. The zero-order valence-corrected chi connectivity index (χ0v) is 9.67. The lowest BCUT2D eigenvalue weighted by molar-refractivity contribution is 0.0998. The zero-order valence-electron chi connectivity index (χ0n) is 9.67. The van der Waals surface area contributed by atoms with Crippen molar-refractivity contribution in [3.63, 3.8) is 0 Å². The predicted octanol–water partition coefficient (Wildman–Crippen LogP) is 1.43. The van der Waals surface area contributed by atoms with E-state index in [0.29, 0.717) is 29.4 Å². The van der Waals surface area contributed by atoms with E-state index in [4.69, 9.17) is 16.2 Å². The van der Waals surface area contributed by atoms with E-state index in [0.717, 1.165) is 0 Å². The first-order valence-corrected chi connectivity index (χ1v) is 5.43. The minimum atomic E-state index is -0.541. The summed E-state index contributed by atoms with van der Waals surface area (Å²) in [7, 11) is 0. The molecule has 0 atom stereocenters. The second kappa shape index (κ2) is 5.29. The van der Waals surface area contributed by atoms with Crippen LogP contribution in [0.3, 0.4) is 0 Å². The van der Waals surface area contributed by atoms with E-state index >= 15 is 0 Å². The number of primary amides is 1. The summed E-state index contributed by atoms with van der Waals surface area (Å²) in [6, 6.07) is 12.0. The molecule has 0 saturated carbocycles. The van der Waals surface area contributed by atoms with Crippen LogP contribution in [0.4, 0.5) is 0 Å². The van der Waals surface area contributed by atoms with Gasteiger partial charge in [0.05, 0.1) is 11.3 Å². The molecule has 1 amide bonds. The molecule has 0 aliphatic carbocycles. The van der Waals surface area contributed by atoms with E-state index in [1.165, 1.54) is 0 Å². The lowest BCUT2D eigenvalue weighted by Crippen LogP contribution is -2.12. The molecule has 0 aliphatic rings. The highest BCUT2D eigenvalue weighted by Gasteiger charge is 2.09. The number of amides is 1. The minimum Gasteiger partial charge on any atom is -0.438 e. The average Bonchev–Trinajstić information content (AvgIpc) is 2.39. The molecule has 2 aromatic rings. The Morgan fingerprint density at radius 2 is 1.94 bits per heavy atom. The Balaban J connectivity index is 2.31. The van der Waals surface area contributed by atoms with E-state index in [2.05, 4.69) is 4.98 Å². The summed E-state index contributed by atoms with van der Waals surface area (Å²) >= 11 is 0. The first kappa shape index (κ1) is 12.1. The smallest absolute Gasteiger partial charge is 0.252 e. The number of ether oxygens (including phenoxy) is 1. The number of rotatable bonds is 4. The molecule has 1 aromatic carbocycles. The molecule has 0 saturated heterocycles. The number of carbonyl (C=O) groups excluding carboxylic acids is 1. The first-order chi connectivity index (χ1) is 8.70. The maximum atomic E-state index is 11.2. The fourth-order valence-corrected chi connectivity index (χ4v) is 1.50. The van der Waals surface area contributed by atoms with E-state index in [1.807, 2.05) is 0 Å². The van der Waals surface area contributed by atoms with Crippen LogP contribution < -0.4 is 16.2 Å². The van der Waals surface area contributed by atoms with Gasteiger partial charge in [0.25, 0.3) is 5.91 Å². The van der Waals surface area contributed by atoms with Crippen molar-refractivity contribution < 1.29 is 9.53 Å². The maximum Gasteiger partial charge on any atom is 0.252 e. The van der Waals surface area contributed by atoms with Gasteiger partial charge in [0, 0.05) is 12.6 Å².